The van der Waals surface area contributed by atoms with Crippen LogP contribution in [0.3, 0.4) is 0 Å². The van der Waals surface area contributed by atoms with Crippen LogP contribution >= 0.6 is 11.6 Å². The second-order valence-electron chi connectivity index (χ2n) is 6.73. The first-order valence-corrected chi connectivity index (χ1v) is 11.1. The molecule has 9 heteroatoms. The molecule has 0 aliphatic rings. The van der Waals surface area contributed by atoms with Gasteiger partial charge in [0.1, 0.15) is 5.82 Å². The summed E-state index contributed by atoms with van der Waals surface area (Å²) in [6.07, 6.45) is 2.88. The lowest BCUT2D eigenvalue weighted by atomic mass is 9.84. The number of carbonyl (C=O) groups excluding carboxylic acids is 1. The van der Waals surface area contributed by atoms with Crippen molar-refractivity contribution in [2.75, 3.05) is 6.54 Å². The summed E-state index contributed by atoms with van der Waals surface area (Å²) in [7, 11) is -2.02. The topological polar surface area (TPSA) is 93.1 Å². The third-order valence-corrected chi connectivity index (χ3v) is 6.57. The predicted molar refractivity (Wildman–Crippen MR) is 110 cm³/mol. The maximum atomic E-state index is 12.5. The standard InChI is InChI=1S/C19H27ClN4O3S/c1-5-19(6-2,15-7-9-16(20)10-8-15)23-17(25)11-12-21-28(26,27)18-13-24(4)14(3)22-18/h7-10,13,21H,5-6,11-12H2,1-4H3,(H,23,25). The Balaban J connectivity index is 2.00. The van der Waals surface area contributed by atoms with E-state index in [0.29, 0.717) is 23.7 Å². The maximum Gasteiger partial charge on any atom is 0.259 e. The number of hydrogen-bond acceptors (Lipinski definition) is 4. The lowest BCUT2D eigenvalue weighted by molar-refractivity contribution is -0.123. The Labute approximate surface area is 171 Å². The van der Waals surface area contributed by atoms with Gasteiger partial charge < -0.3 is 9.88 Å². The van der Waals surface area contributed by atoms with Crippen LogP contribution in [0.25, 0.3) is 0 Å². The predicted octanol–water partition coefficient (Wildman–Crippen LogP) is 2.88. The normalized spacial score (nSPS) is 12.2. The lowest BCUT2D eigenvalue weighted by Gasteiger charge is -2.33. The van der Waals surface area contributed by atoms with Gasteiger partial charge in [-0.2, -0.15) is 0 Å². The van der Waals surface area contributed by atoms with Crippen molar-refractivity contribution in [2.24, 2.45) is 7.05 Å². The number of halogens is 1. The molecule has 0 fully saturated rings. The van der Waals surface area contributed by atoms with Crippen LogP contribution in [0, 0.1) is 6.92 Å². The van der Waals surface area contributed by atoms with Gasteiger partial charge in [0.15, 0.2) is 5.03 Å². The first-order chi connectivity index (χ1) is 13.1. The van der Waals surface area contributed by atoms with Gasteiger partial charge in [0.25, 0.3) is 10.0 Å². The number of aryl methyl sites for hydroxylation is 2. The van der Waals surface area contributed by atoms with E-state index in [9.17, 15) is 13.2 Å². The third kappa shape index (κ3) is 5.12. The van der Waals surface area contributed by atoms with Crippen LogP contribution in [0.1, 0.15) is 44.5 Å². The minimum atomic E-state index is -3.75. The van der Waals surface area contributed by atoms with Gasteiger partial charge in [0, 0.05) is 31.2 Å². The molecule has 0 saturated heterocycles. The van der Waals surface area contributed by atoms with Crippen molar-refractivity contribution < 1.29 is 13.2 Å². The molecule has 1 aromatic heterocycles. The van der Waals surface area contributed by atoms with Crippen LogP contribution in [-0.2, 0) is 27.4 Å². The molecule has 7 nitrogen and oxygen atoms in total. The molecule has 1 heterocycles. The van der Waals surface area contributed by atoms with Crippen LogP contribution in [0.15, 0.2) is 35.5 Å². The number of aromatic nitrogens is 2. The van der Waals surface area contributed by atoms with Gasteiger partial charge in [-0.25, -0.2) is 18.1 Å². The van der Waals surface area contributed by atoms with E-state index in [1.807, 2.05) is 26.0 Å². The summed E-state index contributed by atoms with van der Waals surface area (Å²) < 4.78 is 28.7. The van der Waals surface area contributed by atoms with E-state index in [-0.39, 0.29) is 23.9 Å². The summed E-state index contributed by atoms with van der Waals surface area (Å²) in [5.74, 6) is 0.371. The van der Waals surface area contributed by atoms with Gasteiger partial charge in [-0.1, -0.05) is 37.6 Å². The van der Waals surface area contributed by atoms with E-state index < -0.39 is 15.6 Å². The Morgan fingerprint density at radius 2 is 1.82 bits per heavy atom. The number of nitrogens with zero attached hydrogens (tertiary/aromatic N) is 2. The van der Waals surface area contributed by atoms with E-state index in [1.165, 1.54) is 6.20 Å². The van der Waals surface area contributed by atoms with Crippen LogP contribution in [0.5, 0.6) is 0 Å². The molecule has 2 aromatic rings. The Hall–Kier alpha value is -1.90. The number of imidazole rings is 1. The molecule has 1 amide bonds. The van der Waals surface area contributed by atoms with Crippen molar-refractivity contribution in [3.05, 3.63) is 46.9 Å². The summed E-state index contributed by atoms with van der Waals surface area (Å²) >= 11 is 5.97. The monoisotopic (exact) mass is 426 g/mol. The number of nitrogens with one attached hydrogen (secondary N) is 2. The molecule has 0 aliphatic heterocycles. The first kappa shape index (κ1) is 22.4. The SMILES string of the molecule is CCC(CC)(NC(=O)CCNS(=O)(=O)c1cn(C)c(C)n1)c1ccc(Cl)cc1. The third-order valence-electron chi connectivity index (χ3n) is 4.99. The van der Waals surface area contributed by atoms with Crippen LogP contribution < -0.4 is 10.0 Å². The summed E-state index contributed by atoms with van der Waals surface area (Å²) in [6, 6.07) is 7.40. The number of benzene rings is 1. The van der Waals surface area contributed by atoms with E-state index in [0.717, 1.165) is 5.56 Å². The van der Waals surface area contributed by atoms with Crippen molar-refractivity contribution in [3.8, 4) is 0 Å². The van der Waals surface area contributed by atoms with E-state index in [1.54, 1.807) is 30.7 Å². The summed E-state index contributed by atoms with van der Waals surface area (Å²) in [5.41, 5.74) is 0.457. The lowest BCUT2D eigenvalue weighted by Crippen LogP contribution is -2.46. The fourth-order valence-corrected chi connectivity index (χ4v) is 4.23. The van der Waals surface area contributed by atoms with Crippen molar-refractivity contribution in [3.63, 3.8) is 0 Å². The largest absolute Gasteiger partial charge is 0.347 e. The Bertz CT molecular complexity index is 900. The Morgan fingerprint density at radius 3 is 2.32 bits per heavy atom. The second kappa shape index (κ2) is 9.07. The minimum Gasteiger partial charge on any atom is -0.347 e. The maximum absolute atomic E-state index is 12.5. The van der Waals surface area contributed by atoms with Crippen LogP contribution in [-0.4, -0.2) is 30.4 Å². The van der Waals surface area contributed by atoms with Gasteiger partial charge in [-0.3, -0.25) is 4.79 Å². The number of amides is 1. The van der Waals surface area contributed by atoms with E-state index in [4.69, 9.17) is 11.6 Å². The average molecular weight is 427 g/mol. The molecular formula is C19H27ClN4O3S. The first-order valence-electron chi connectivity index (χ1n) is 9.20. The molecule has 28 heavy (non-hydrogen) atoms. The van der Waals surface area contributed by atoms with Gasteiger partial charge in [0.2, 0.25) is 5.91 Å². The molecule has 0 radical (unpaired) electrons. The minimum absolute atomic E-state index is 0.00604. The molecule has 0 bridgehead atoms. The zero-order chi connectivity index (χ0) is 20.9. The van der Waals surface area contributed by atoms with Crippen LogP contribution in [0.4, 0.5) is 0 Å². The van der Waals surface area contributed by atoms with Crippen LogP contribution in [0.2, 0.25) is 5.02 Å². The zero-order valence-electron chi connectivity index (χ0n) is 16.6. The summed E-state index contributed by atoms with van der Waals surface area (Å²) in [6.45, 7) is 5.72. The molecule has 0 atom stereocenters. The molecule has 0 saturated carbocycles. The highest BCUT2D eigenvalue weighted by Crippen LogP contribution is 2.29. The molecule has 1 aromatic carbocycles. The zero-order valence-corrected chi connectivity index (χ0v) is 18.2. The molecule has 2 rings (SSSR count). The molecule has 2 N–H and O–H groups in total. The highest BCUT2D eigenvalue weighted by atomic mass is 35.5. The van der Waals surface area contributed by atoms with Gasteiger partial charge >= 0.3 is 0 Å². The molecule has 0 aliphatic carbocycles. The number of sulfonamides is 1. The van der Waals surface area contributed by atoms with Crippen molar-refractivity contribution >= 4 is 27.5 Å². The van der Waals surface area contributed by atoms with Gasteiger partial charge in [0.05, 0.1) is 5.54 Å². The van der Waals surface area contributed by atoms with Crippen molar-refractivity contribution in [1.29, 1.82) is 0 Å². The molecule has 154 valence electrons. The quantitative estimate of drug-likeness (QED) is 0.644. The Kier molecular flexibility index (Phi) is 7.25. The highest BCUT2D eigenvalue weighted by Gasteiger charge is 2.30. The second-order valence-corrected chi connectivity index (χ2v) is 8.88. The molecule has 0 spiro atoms. The number of carbonyl (C=O) groups is 1. The average Bonchev–Trinajstić information content (AvgIpc) is 3.00. The highest BCUT2D eigenvalue weighted by molar-refractivity contribution is 7.89. The number of rotatable bonds is 9. The fourth-order valence-electron chi connectivity index (χ4n) is 3.03. The van der Waals surface area contributed by atoms with Crippen molar-refractivity contribution in [1.82, 2.24) is 19.6 Å². The molecular weight excluding hydrogens is 400 g/mol. The van der Waals surface area contributed by atoms with Gasteiger partial charge in [-0.05, 0) is 37.5 Å². The van der Waals surface area contributed by atoms with E-state index >= 15 is 0 Å². The smallest absolute Gasteiger partial charge is 0.259 e. The summed E-state index contributed by atoms with van der Waals surface area (Å²) in [4.78, 5) is 16.5. The van der Waals surface area contributed by atoms with Crippen molar-refractivity contribution in [2.45, 2.75) is 50.6 Å². The Morgan fingerprint density at radius 1 is 1.21 bits per heavy atom. The summed E-state index contributed by atoms with van der Waals surface area (Å²) in [5, 5.41) is 3.65. The molecule has 0 unspecified atom stereocenters. The van der Waals surface area contributed by atoms with E-state index in [2.05, 4.69) is 15.0 Å². The number of hydrogen-bond donors (Lipinski definition) is 2. The fraction of sp³-hybridized carbons (Fsp3) is 0.474. The van der Waals surface area contributed by atoms with Gasteiger partial charge in [-0.15, -0.1) is 0 Å².